The second kappa shape index (κ2) is 62.5. The standard InChI is InChI=1S/C73H137NO10/c1-3-5-7-9-11-13-15-41-45-49-53-57-61-69(78)82-62-58-54-50-46-42-38-36-34-32-30-28-26-24-22-20-18-16-17-19-21-23-25-27-29-31-33-35-37-40-44-48-52-56-60-68(77)74-65(64-83-73-72(81)71(80)70(79)67(63-75)84-73)66(76)59-55-51-47-43-39-14-12-10-8-6-4-2/h20,22,26,28,55,59,65-67,70-73,75-76,79-81H,3-19,21,23-25,27,29-54,56-58,60-64H2,1-2H3,(H,74,77)/b22-20-,28-26-,59-55+. The number of rotatable bonds is 64. The third-order valence-corrected chi connectivity index (χ3v) is 17.2. The predicted octanol–water partition coefficient (Wildman–Crippen LogP) is 18.6. The van der Waals surface area contributed by atoms with Gasteiger partial charge in [-0.05, 0) is 64.2 Å². The molecule has 7 unspecified atom stereocenters. The van der Waals surface area contributed by atoms with Crippen molar-refractivity contribution in [2.45, 2.75) is 397 Å². The normalized spacial score (nSPS) is 18.2. The number of hydrogen-bond acceptors (Lipinski definition) is 10. The zero-order valence-electron chi connectivity index (χ0n) is 54.9. The molecule has 0 bridgehead atoms. The Morgan fingerprint density at radius 3 is 1.20 bits per heavy atom. The van der Waals surface area contributed by atoms with Crippen LogP contribution >= 0.6 is 0 Å². The molecule has 0 saturated carbocycles. The molecule has 0 spiro atoms. The summed E-state index contributed by atoms with van der Waals surface area (Å²) in [5, 5.41) is 54.4. The number of carbonyl (C=O) groups excluding carboxylic acids is 2. The second-order valence-electron chi connectivity index (χ2n) is 25.3. The number of amides is 1. The molecule has 7 atom stereocenters. The Hall–Kier alpha value is -2.12. The number of carbonyl (C=O) groups is 2. The van der Waals surface area contributed by atoms with Gasteiger partial charge < -0.3 is 45.1 Å². The van der Waals surface area contributed by atoms with E-state index in [1.807, 2.05) is 6.08 Å². The van der Waals surface area contributed by atoms with Crippen LogP contribution in [0.2, 0.25) is 0 Å². The van der Waals surface area contributed by atoms with Crippen molar-refractivity contribution in [2.75, 3.05) is 19.8 Å². The fourth-order valence-corrected chi connectivity index (χ4v) is 11.5. The molecule has 1 rings (SSSR count). The van der Waals surface area contributed by atoms with E-state index in [4.69, 9.17) is 14.2 Å². The van der Waals surface area contributed by atoms with Crippen LogP contribution in [0, 0.1) is 0 Å². The highest BCUT2D eigenvalue weighted by molar-refractivity contribution is 5.76. The smallest absolute Gasteiger partial charge is 0.305 e. The number of aliphatic hydroxyl groups is 5. The summed E-state index contributed by atoms with van der Waals surface area (Å²) < 4.78 is 16.7. The Labute approximate surface area is 517 Å². The van der Waals surface area contributed by atoms with Gasteiger partial charge in [-0.25, -0.2) is 0 Å². The SMILES string of the molecule is CCCCCCCCCCC/C=C/C(O)C(COC1OC(CO)C(O)C(O)C1O)NC(=O)CCCCCCCCCCCCCCCCCCC/C=C\C/C=C\CCCCCCCCCCCOC(=O)CCCCCCCCCCCCCC. The molecule has 0 aromatic rings. The van der Waals surface area contributed by atoms with Crippen LogP contribution in [0.5, 0.6) is 0 Å². The minimum atomic E-state index is -1.57. The number of hydrogen-bond donors (Lipinski definition) is 6. The first kappa shape index (κ1) is 79.9. The van der Waals surface area contributed by atoms with Crippen LogP contribution in [0.3, 0.4) is 0 Å². The Kier molecular flexibility index (Phi) is 59.4. The van der Waals surface area contributed by atoms with Gasteiger partial charge in [-0.3, -0.25) is 9.59 Å². The number of esters is 1. The van der Waals surface area contributed by atoms with Crippen molar-refractivity contribution in [1.82, 2.24) is 5.32 Å². The molecule has 11 nitrogen and oxygen atoms in total. The summed E-state index contributed by atoms with van der Waals surface area (Å²) >= 11 is 0. The van der Waals surface area contributed by atoms with Gasteiger partial charge in [0, 0.05) is 12.8 Å². The van der Waals surface area contributed by atoms with Gasteiger partial charge in [-0.1, -0.05) is 314 Å². The molecular weight excluding hydrogens is 1050 g/mol. The van der Waals surface area contributed by atoms with E-state index in [9.17, 15) is 35.1 Å². The number of aliphatic hydroxyl groups excluding tert-OH is 5. The van der Waals surface area contributed by atoms with Crippen LogP contribution in [-0.2, 0) is 23.8 Å². The highest BCUT2D eigenvalue weighted by Crippen LogP contribution is 2.23. The van der Waals surface area contributed by atoms with Crippen LogP contribution in [-0.4, -0.2) is 100 Å². The minimum Gasteiger partial charge on any atom is -0.466 e. The van der Waals surface area contributed by atoms with E-state index in [0.29, 0.717) is 19.4 Å². The maximum atomic E-state index is 13.0. The molecule has 494 valence electrons. The average molecular weight is 1190 g/mol. The Bertz CT molecular complexity index is 1490. The fourth-order valence-electron chi connectivity index (χ4n) is 11.5. The van der Waals surface area contributed by atoms with Crippen molar-refractivity contribution in [3.8, 4) is 0 Å². The first-order valence-electron chi connectivity index (χ1n) is 36.3. The predicted molar refractivity (Wildman–Crippen MR) is 352 cm³/mol. The van der Waals surface area contributed by atoms with Gasteiger partial charge in [0.05, 0.1) is 32.0 Å². The molecule has 1 saturated heterocycles. The molecule has 1 aliphatic heterocycles. The largest absolute Gasteiger partial charge is 0.466 e. The van der Waals surface area contributed by atoms with Gasteiger partial charge in [0.2, 0.25) is 5.91 Å². The van der Waals surface area contributed by atoms with E-state index >= 15 is 0 Å². The lowest BCUT2D eigenvalue weighted by Crippen LogP contribution is -2.60. The van der Waals surface area contributed by atoms with E-state index < -0.39 is 49.5 Å². The molecular formula is C73H137NO10. The van der Waals surface area contributed by atoms with Gasteiger partial charge in [0.25, 0.3) is 0 Å². The Morgan fingerprint density at radius 2 is 0.798 bits per heavy atom. The second-order valence-corrected chi connectivity index (χ2v) is 25.3. The third kappa shape index (κ3) is 50.8. The molecule has 84 heavy (non-hydrogen) atoms. The van der Waals surface area contributed by atoms with Crippen molar-refractivity contribution in [3.05, 3.63) is 36.5 Å². The third-order valence-electron chi connectivity index (χ3n) is 17.2. The zero-order valence-corrected chi connectivity index (χ0v) is 54.9. The van der Waals surface area contributed by atoms with Crippen LogP contribution in [0.25, 0.3) is 0 Å². The zero-order chi connectivity index (χ0) is 60.9. The summed E-state index contributed by atoms with van der Waals surface area (Å²) in [6.07, 6.45) is 70.0. The van der Waals surface area contributed by atoms with E-state index in [-0.39, 0.29) is 18.5 Å². The van der Waals surface area contributed by atoms with E-state index in [2.05, 4.69) is 43.5 Å². The van der Waals surface area contributed by atoms with E-state index in [1.165, 1.54) is 270 Å². The highest BCUT2D eigenvalue weighted by atomic mass is 16.7. The van der Waals surface area contributed by atoms with Crippen LogP contribution in [0.4, 0.5) is 0 Å². The maximum absolute atomic E-state index is 13.0. The van der Waals surface area contributed by atoms with Crippen molar-refractivity contribution < 1.29 is 49.3 Å². The maximum Gasteiger partial charge on any atom is 0.305 e. The molecule has 1 heterocycles. The molecule has 0 radical (unpaired) electrons. The number of ether oxygens (including phenoxy) is 3. The van der Waals surface area contributed by atoms with Crippen molar-refractivity contribution in [3.63, 3.8) is 0 Å². The average Bonchev–Trinajstić information content (AvgIpc) is 3.27. The van der Waals surface area contributed by atoms with E-state index in [0.717, 1.165) is 57.8 Å². The highest BCUT2D eigenvalue weighted by Gasteiger charge is 2.44. The number of allylic oxidation sites excluding steroid dienone is 5. The molecule has 1 fully saturated rings. The van der Waals surface area contributed by atoms with Gasteiger partial charge in [-0.15, -0.1) is 0 Å². The van der Waals surface area contributed by atoms with Gasteiger partial charge in [0.15, 0.2) is 6.29 Å². The molecule has 11 heteroatoms. The minimum absolute atomic E-state index is 0.00790. The monoisotopic (exact) mass is 1190 g/mol. The lowest BCUT2D eigenvalue weighted by atomic mass is 9.99. The quantitative estimate of drug-likeness (QED) is 0.0195. The summed E-state index contributed by atoms with van der Waals surface area (Å²) in [4.78, 5) is 25.1. The Balaban J connectivity index is 1.94. The molecule has 1 aliphatic rings. The molecule has 6 N–H and O–H groups in total. The van der Waals surface area contributed by atoms with E-state index in [1.54, 1.807) is 6.08 Å². The summed E-state index contributed by atoms with van der Waals surface area (Å²) in [5.74, 6) is -0.171. The van der Waals surface area contributed by atoms with Gasteiger partial charge >= 0.3 is 5.97 Å². The summed E-state index contributed by atoms with van der Waals surface area (Å²) in [5.41, 5.74) is 0. The number of unbranched alkanes of at least 4 members (excludes halogenated alkanes) is 46. The topological polar surface area (TPSA) is 175 Å². The summed E-state index contributed by atoms with van der Waals surface area (Å²) in [7, 11) is 0. The molecule has 0 aliphatic carbocycles. The van der Waals surface area contributed by atoms with Gasteiger partial charge in [-0.2, -0.15) is 0 Å². The Morgan fingerprint density at radius 1 is 0.440 bits per heavy atom. The fraction of sp³-hybridized carbons (Fsp3) is 0.890. The molecule has 0 aromatic heterocycles. The van der Waals surface area contributed by atoms with Crippen LogP contribution < -0.4 is 5.32 Å². The lowest BCUT2D eigenvalue weighted by molar-refractivity contribution is -0.302. The van der Waals surface area contributed by atoms with Crippen molar-refractivity contribution in [1.29, 1.82) is 0 Å². The molecule has 0 aromatic carbocycles. The first-order chi connectivity index (χ1) is 41.2. The summed E-state index contributed by atoms with van der Waals surface area (Å²) in [6, 6.07) is -0.808. The number of nitrogens with one attached hydrogen (secondary N) is 1. The van der Waals surface area contributed by atoms with Crippen molar-refractivity contribution in [2.24, 2.45) is 0 Å². The first-order valence-corrected chi connectivity index (χ1v) is 36.3. The van der Waals surface area contributed by atoms with Crippen molar-refractivity contribution >= 4 is 11.9 Å². The van der Waals surface area contributed by atoms with Crippen LogP contribution in [0.1, 0.15) is 354 Å². The lowest BCUT2D eigenvalue weighted by Gasteiger charge is -2.40. The van der Waals surface area contributed by atoms with Gasteiger partial charge in [0.1, 0.15) is 24.4 Å². The summed E-state index contributed by atoms with van der Waals surface area (Å²) in [6.45, 7) is 4.36. The molecule has 1 amide bonds. The van der Waals surface area contributed by atoms with Crippen LogP contribution in [0.15, 0.2) is 36.5 Å².